The van der Waals surface area contributed by atoms with Gasteiger partial charge in [0.2, 0.25) is 5.78 Å². The van der Waals surface area contributed by atoms with Crippen LogP contribution >= 0.6 is 0 Å². The van der Waals surface area contributed by atoms with Crippen molar-refractivity contribution in [2.45, 2.75) is 25.2 Å². The van der Waals surface area contributed by atoms with Gasteiger partial charge >= 0.3 is 0 Å². The molecule has 0 amide bonds. The standard InChI is InChI=1S/C21H20N2O3S/c1-3-17-15(2)13-14-22-20(17)21(24)18-11-7-8-12-19(18)23-27(25,26)16-9-5-4-6-10-16/h4-14,23H,3H2,1-2H3. The number of carbonyl (C=O) groups is 1. The summed E-state index contributed by atoms with van der Waals surface area (Å²) >= 11 is 0. The Bertz CT molecular complexity index is 1080. The minimum Gasteiger partial charge on any atom is -0.287 e. The molecule has 3 aromatic rings. The second-order valence-electron chi connectivity index (χ2n) is 6.10. The number of rotatable bonds is 6. The van der Waals surface area contributed by atoms with Crippen LogP contribution in [-0.2, 0) is 16.4 Å². The molecular weight excluding hydrogens is 360 g/mol. The number of aryl methyl sites for hydroxylation is 1. The third kappa shape index (κ3) is 3.90. The minimum atomic E-state index is -3.80. The second-order valence-corrected chi connectivity index (χ2v) is 7.78. The summed E-state index contributed by atoms with van der Waals surface area (Å²) in [6, 6.07) is 16.5. The third-order valence-electron chi connectivity index (χ3n) is 4.33. The van der Waals surface area contributed by atoms with Crippen LogP contribution < -0.4 is 4.72 Å². The first-order chi connectivity index (χ1) is 12.9. The van der Waals surface area contributed by atoms with Gasteiger partial charge in [0.05, 0.1) is 10.6 Å². The number of nitrogens with one attached hydrogen (secondary N) is 1. The Morgan fingerprint density at radius 2 is 1.67 bits per heavy atom. The maximum atomic E-state index is 13.1. The number of para-hydroxylation sites is 1. The first-order valence-corrected chi connectivity index (χ1v) is 10.1. The number of sulfonamides is 1. The molecular formula is C21H20N2O3S. The van der Waals surface area contributed by atoms with Gasteiger partial charge in [-0.3, -0.25) is 14.5 Å². The van der Waals surface area contributed by atoms with Crippen LogP contribution in [0.2, 0.25) is 0 Å². The van der Waals surface area contributed by atoms with Crippen molar-refractivity contribution in [3.63, 3.8) is 0 Å². The summed E-state index contributed by atoms with van der Waals surface area (Å²) in [5.41, 5.74) is 2.70. The normalized spacial score (nSPS) is 11.2. The lowest BCUT2D eigenvalue weighted by atomic mass is 9.98. The fourth-order valence-electron chi connectivity index (χ4n) is 2.93. The van der Waals surface area contributed by atoms with Crippen molar-refractivity contribution in [3.8, 4) is 0 Å². The summed E-state index contributed by atoms with van der Waals surface area (Å²) in [7, 11) is -3.80. The molecule has 6 heteroatoms. The summed E-state index contributed by atoms with van der Waals surface area (Å²) < 4.78 is 27.8. The largest absolute Gasteiger partial charge is 0.287 e. The molecule has 1 N–H and O–H groups in total. The van der Waals surface area contributed by atoms with Crippen molar-refractivity contribution in [2.75, 3.05) is 4.72 Å². The fraction of sp³-hybridized carbons (Fsp3) is 0.143. The van der Waals surface area contributed by atoms with Crippen molar-refractivity contribution in [2.24, 2.45) is 0 Å². The van der Waals surface area contributed by atoms with Crippen LogP contribution in [-0.4, -0.2) is 19.2 Å². The molecule has 1 heterocycles. The van der Waals surface area contributed by atoms with Gasteiger partial charge < -0.3 is 0 Å². The van der Waals surface area contributed by atoms with Gasteiger partial charge in [-0.25, -0.2) is 8.42 Å². The first-order valence-electron chi connectivity index (χ1n) is 8.60. The zero-order valence-electron chi connectivity index (χ0n) is 15.1. The summed E-state index contributed by atoms with van der Waals surface area (Å²) in [5, 5.41) is 0. The summed E-state index contributed by atoms with van der Waals surface area (Å²) in [4.78, 5) is 17.5. The maximum Gasteiger partial charge on any atom is 0.261 e. The highest BCUT2D eigenvalue weighted by atomic mass is 32.2. The molecule has 0 aliphatic heterocycles. The Morgan fingerprint density at radius 3 is 2.37 bits per heavy atom. The fourth-order valence-corrected chi connectivity index (χ4v) is 4.03. The number of carbonyl (C=O) groups excluding carboxylic acids is 1. The highest BCUT2D eigenvalue weighted by Gasteiger charge is 2.22. The minimum absolute atomic E-state index is 0.134. The maximum absolute atomic E-state index is 13.1. The van der Waals surface area contributed by atoms with E-state index in [9.17, 15) is 13.2 Å². The molecule has 138 valence electrons. The van der Waals surface area contributed by atoms with Gasteiger partial charge in [-0.2, -0.15) is 0 Å². The molecule has 0 aliphatic rings. The number of hydrogen-bond acceptors (Lipinski definition) is 4. The number of anilines is 1. The quantitative estimate of drug-likeness (QED) is 0.656. The lowest BCUT2D eigenvalue weighted by Crippen LogP contribution is -2.17. The highest BCUT2D eigenvalue weighted by Crippen LogP contribution is 2.24. The Morgan fingerprint density at radius 1 is 1.00 bits per heavy atom. The van der Waals surface area contributed by atoms with Crippen molar-refractivity contribution >= 4 is 21.5 Å². The molecule has 2 aromatic carbocycles. The first kappa shape index (κ1) is 18.8. The monoisotopic (exact) mass is 380 g/mol. The van der Waals surface area contributed by atoms with Crippen LogP contribution in [0.3, 0.4) is 0 Å². The predicted octanol–water partition coefficient (Wildman–Crippen LogP) is 3.98. The Labute approximate surface area is 159 Å². The molecule has 27 heavy (non-hydrogen) atoms. The van der Waals surface area contributed by atoms with E-state index in [1.807, 2.05) is 19.9 Å². The topological polar surface area (TPSA) is 76.1 Å². The van der Waals surface area contributed by atoms with Crippen molar-refractivity contribution in [1.29, 1.82) is 0 Å². The SMILES string of the molecule is CCc1c(C)ccnc1C(=O)c1ccccc1NS(=O)(=O)c1ccccc1. The van der Waals surface area contributed by atoms with E-state index >= 15 is 0 Å². The molecule has 0 fully saturated rings. The predicted molar refractivity (Wildman–Crippen MR) is 105 cm³/mol. The molecule has 0 radical (unpaired) electrons. The zero-order valence-corrected chi connectivity index (χ0v) is 16.0. The average Bonchev–Trinajstić information content (AvgIpc) is 2.68. The van der Waals surface area contributed by atoms with Crippen LogP contribution in [0.15, 0.2) is 71.8 Å². The van der Waals surface area contributed by atoms with Gasteiger partial charge in [0.15, 0.2) is 0 Å². The van der Waals surface area contributed by atoms with E-state index < -0.39 is 10.0 Å². The van der Waals surface area contributed by atoms with Gasteiger partial charge in [-0.15, -0.1) is 0 Å². The highest BCUT2D eigenvalue weighted by molar-refractivity contribution is 7.92. The second kappa shape index (κ2) is 7.72. The van der Waals surface area contributed by atoms with Crippen LogP contribution in [0, 0.1) is 6.92 Å². The zero-order chi connectivity index (χ0) is 19.4. The van der Waals surface area contributed by atoms with Crippen LogP contribution in [0.4, 0.5) is 5.69 Å². The van der Waals surface area contributed by atoms with Crippen LogP contribution in [0.25, 0.3) is 0 Å². The number of hydrogen-bond donors (Lipinski definition) is 1. The molecule has 3 rings (SSSR count). The molecule has 0 spiro atoms. The van der Waals surface area contributed by atoms with Gasteiger partial charge in [0.1, 0.15) is 5.69 Å². The third-order valence-corrected chi connectivity index (χ3v) is 5.71. The van der Waals surface area contributed by atoms with Crippen LogP contribution in [0.5, 0.6) is 0 Å². The van der Waals surface area contributed by atoms with Crippen molar-refractivity contribution in [3.05, 3.63) is 89.2 Å². The number of ketones is 1. The molecule has 5 nitrogen and oxygen atoms in total. The molecule has 0 unspecified atom stereocenters. The van der Waals surface area contributed by atoms with Gasteiger partial charge in [-0.1, -0.05) is 37.3 Å². The van der Waals surface area contributed by atoms with E-state index in [4.69, 9.17) is 0 Å². The Balaban J connectivity index is 2.03. The molecule has 1 aromatic heterocycles. The van der Waals surface area contributed by atoms with Crippen molar-refractivity contribution in [1.82, 2.24) is 4.98 Å². The van der Waals surface area contributed by atoms with E-state index in [1.165, 1.54) is 12.1 Å². The lowest BCUT2D eigenvalue weighted by Gasteiger charge is -2.14. The summed E-state index contributed by atoms with van der Waals surface area (Å²) in [6.07, 6.45) is 2.26. The summed E-state index contributed by atoms with van der Waals surface area (Å²) in [5.74, 6) is -0.304. The van der Waals surface area contributed by atoms with Crippen LogP contribution in [0.1, 0.15) is 34.1 Å². The average molecular weight is 380 g/mol. The molecule has 0 saturated heterocycles. The number of benzene rings is 2. The molecule has 0 bridgehead atoms. The molecule has 0 saturated carbocycles. The van der Waals surface area contributed by atoms with Gasteiger partial charge in [0, 0.05) is 11.8 Å². The number of pyridine rings is 1. The van der Waals surface area contributed by atoms with E-state index in [-0.39, 0.29) is 21.9 Å². The Hall–Kier alpha value is -2.99. The number of aromatic nitrogens is 1. The van der Waals surface area contributed by atoms with E-state index in [0.29, 0.717) is 12.1 Å². The van der Waals surface area contributed by atoms with Crippen molar-refractivity contribution < 1.29 is 13.2 Å². The lowest BCUT2D eigenvalue weighted by molar-refractivity contribution is 0.103. The molecule has 0 atom stereocenters. The van der Waals surface area contributed by atoms with Gasteiger partial charge in [-0.05, 0) is 54.8 Å². The van der Waals surface area contributed by atoms with E-state index in [1.54, 1.807) is 48.7 Å². The Kier molecular flexibility index (Phi) is 5.37. The van der Waals surface area contributed by atoms with Gasteiger partial charge in [0.25, 0.3) is 10.0 Å². The summed E-state index contributed by atoms with van der Waals surface area (Å²) in [6.45, 7) is 3.89. The van der Waals surface area contributed by atoms with E-state index in [0.717, 1.165) is 11.1 Å². The molecule has 0 aliphatic carbocycles. The van der Waals surface area contributed by atoms with E-state index in [2.05, 4.69) is 9.71 Å². The number of nitrogens with zero attached hydrogens (tertiary/aromatic N) is 1. The smallest absolute Gasteiger partial charge is 0.261 e.